The maximum absolute atomic E-state index is 11.1. The van der Waals surface area contributed by atoms with Gasteiger partial charge in [0.05, 0.1) is 6.20 Å². The average molecular weight is 223 g/mol. The molecule has 0 saturated heterocycles. The molecule has 90 valence electrons. The Morgan fingerprint density at radius 3 is 2.88 bits per heavy atom. The van der Waals surface area contributed by atoms with E-state index >= 15 is 0 Å². The molecule has 0 fully saturated rings. The number of ketones is 1. The standard InChI is InChI=1S/C12H21N3O/c1-4-12(16)6-5-7-14(2)9-11-8-13-15(3)10-11/h8,10H,4-7,9H2,1-3H3. The Labute approximate surface area is 97.2 Å². The van der Waals surface area contributed by atoms with Crippen LogP contribution in [0.25, 0.3) is 0 Å². The molecule has 0 atom stereocenters. The largest absolute Gasteiger partial charge is 0.302 e. The maximum Gasteiger partial charge on any atom is 0.132 e. The van der Waals surface area contributed by atoms with Crippen LogP contribution in [0.15, 0.2) is 12.4 Å². The molecule has 1 heterocycles. The molecular weight excluding hydrogens is 202 g/mol. The summed E-state index contributed by atoms with van der Waals surface area (Å²) in [7, 11) is 3.99. The molecule has 0 aliphatic heterocycles. The second kappa shape index (κ2) is 6.43. The normalized spacial score (nSPS) is 11.0. The quantitative estimate of drug-likeness (QED) is 0.705. The summed E-state index contributed by atoms with van der Waals surface area (Å²) in [6.45, 7) is 3.77. The fourth-order valence-electron chi connectivity index (χ4n) is 1.67. The summed E-state index contributed by atoms with van der Waals surface area (Å²) >= 11 is 0. The van der Waals surface area contributed by atoms with E-state index in [0.717, 1.165) is 19.5 Å². The maximum atomic E-state index is 11.1. The van der Waals surface area contributed by atoms with Crippen molar-refractivity contribution >= 4 is 5.78 Å². The lowest BCUT2D eigenvalue weighted by Gasteiger charge is -2.14. The van der Waals surface area contributed by atoms with Gasteiger partial charge in [0, 0.05) is 38.2 Å². The van der Waals surface area contributed by atoms with E-state index in [0.29, 0.717) is 18.6 Å². The van der Waals surface area contributed by atoms with Gasteiger partial charge < -0.3 is 4.90 Å². The van der Waals surface area contributed by atoms with Crippen LogP contribution in [0.4, 0.5) is 0 Å². The van der Waals surface area contributed by atoms with Gasteiger partial charge in [0.1, 0.15) is 5.78 Å². The second-order valence-corrected chi connectivity index (χ2v) is 4.26. The van der Waals surface area contributed by atoms with Gasteiger partial charge in [-0.25, -0.2) is 0 Å². The predicted molar refractivity (Wildman–Crippen MR) is 64.1 cm³/mol. The molecule has 0 amide bonds. The summed E-state index contributed by atoms with van der Waals surface area (Å²) in [5.41, 5.74) is 1.21. The van der Waals surface area contributed by atoms with E-state index in [-0.39, 0.29) is 0 Å². The fraction of sp³-hybridized carbons (Fsp3) is 0.667. The third-order valence-electron chi connectivity index (χ3n) is 2.60. The lowest BCUT2D eigenvalue weighted by molar-refractivity contribution is -0.118. The van der Waals surface area contributed by atoms with Crippen LogP contribution in [0.2, 0.25) is 0 Å². The van der Waals surface area contributed by atoms with Gasteiger partial charge in [-0.2, -0.15) is 5.10 Å². The number of carbonyl (C=O) groups excluding carboxylic acids is 1. The van der Waals surface area contributed by atoms with Crippen molar-refractivity contribution in [3.8, 4) is 0 Å². The van der Waals surface area contributed by atoms with Gasteiger partial charge >= 0.3 is 0 Å². The third kappa shape index (κ3) is 4.57. The number of hydrogen-bond acceptors (Lipinski definition) is 3. The topological polar surface area (TPSA) is 38.1 Å². The summed E-state index contributed by atoms with van der Waals surface area (Å²) in [5, 5.41) is 4.13. The molecule has 0 radical (unpaired) electrons. The molecule has 0 unspecified atom stereocenters. The van der Waals surface area contributed by atoms with Gasteiger partial charge in [0.2, 0.25) is 0 Å². The summed E-state index contributed by atoms with van der Waals surface area (Å²) in [5.74, 6) is 0.356. The van der Waals surface area contributed by atoms with Gasteiger partial charge in [0.25, 0.3) is 0 Å². The molecule has 4 nitrogen and oxygen atoms in total. The van der Waals surface area contributed by atoms with E-state index in [4.69, 9.17) is 0 Å². The average Bonchev–Trinajstić information content (AvgIpc) is 2.63. The molecule has 0 spiro atoms. The fourth-order valence-corrected chi connectivity index (χ4v) is 1.67. The van der Waals surface area contributed by atoms with E-state index in [2.05, 4.69) is 17.0 Å². The Morgan fingerprint density at radius 2 is 2.31 bits per heavy atom. The molecule has 1 aromatic heterocycles. The zero-order chi connectivity index (χ0) is 12.0. The number of rotatable bonds is 7. The van der Waals surface area contributed by atoms with E-state index in [1.54, 1.807) is 0 Å². The monoisotopic (exact) mass is 223 g/mol. The Kier molecular flexibility index (Phi) is 5.19. The molecule has 0 saturated carbocycles. The number of nitrogens with zero attached hydrogens (tertiary/aromatic N) is 3. The zero-order valence-electron chi connectivity index (χ0n) is 10.4. The SMILES string of the molecule is CCC(=O)CCCN(C)Cc1cnn(C)c1. The molecule has 0 aromatic carbocycles. The van der Waals surface area contributed by atoms with Crippen molar-refractivity contribution in [2.75, 3.05) is 13.6 Å². The van der Waals surface area contributed by atoms with Gasteiger partial charge in [0.15, 0.2) is 0 Å². The van der Waals surface area contributed by atoms with Crippen molar-refractivity contribution in [1.29, 1.82) is 0 Å². The second-order valence-electron chi connectivity index (χ2n) is 4.26. The molecule has 0 N–H and O–H groups in total. The first-order valence-corrected chi connectivity index (χ1v) is 5.79. The van der Waals surface area contributed by atoms with Crippen molar-refractivity contribution in [1.82, 2.24) is 14.7 Å². The van der Waals surface area contributed by atoms with Gasteiger partial charge in [-0.15, -0.1) is 0 Å². The van der Waals surface area contributed by atoms with Crippen molar-refractivity contribution in [3.63, 3.8) is 0 Å². The number of hydrogen-bond donors (Lipinski definition) is 0. The predicted octanol–water partition coefficient (Wildman–Crippen LogP) is 1.61. The first kappa shape index (κ1) is 12.9. The van der Waals surface area contributed by atoms with Gasteiger partial charge in [-0.3, -0.25) is 9.48 Å². The number of aryl methyl sites for hydroxylation is 1. The first-order chi connectivity index (χ1) is 7.61. The lowest BCUT2D eigenvalue weighted by atomic mass is 10.2. The van der Waals surface area contributed by atoms with Crippen LogP contribution < -0.4 is 0 Å². The Hall–Kier alpha value is -1.16. The Balaban J connectivity index is 2.20. The van der Waals surface area contributed by atoms with Gasteiger partial charge in [-0.1, -0.05) is 6.92 Å². The van der Waals surface area contributed by atoms with E-state index in [1.807, 2.05) is 31.0 Å². The van der Waals surface area contributed by atoms with Crippen LogP contribution in [-0.4, -0.2) is 34.1 Å². The molecule has 1 aromatic rings. The number of aromatic nitrogens is 2. The molecule has 0 aliphatic rings. The molecule has 16 heavy (non-hydrogen) atoms. The highest BCUT2D eigenvalue weighted by Gasteiger charge is 2.03. The smallest absolute Gasteiger partial charge is 0.132 e. The Morgan fingerprint density at radius 1 is 1.56 bits per heavy atom. The van der Waals surface area contributed by atoms with E-state index in [1.165, 1.54) is 5.56 Å². The summed E-state index contributed by atoms with van der Waals surface area (Å²) in [6.07, 6.45) is 6.21. The van der Waals surface area contributed by atoms with Crippen LogP contribution >= 0.6 is 0 Å². The molecule has 4 heteroatoms. The summed E-state index contributed by atoms with van der Waals surface area (Å²) < 4.78 is 1.81. The Bertz CT molecular complexity index is 333. The van der Waals surface area contributed by atoms with Crippen LogP contribution in [0, 0.1) is 0 Å². The van der Waals surface area contributed by atoms with Crippen molar-refractivity contribution in [2.24, 2.45) is 7.05 Å². The molecule has 0 aliphatic carbocycles. The summed E-state index contributed by atoms with van der Waals surface area (Å²) in [4.78, 5) is 13.3. The van der Waals surface area contributed by atoms with Crippen LogP contribution in [0.1, 0.15) is 31.7 Å². The zero-order valence-corrected chi connectivity index (χ0v) is 10.4. The number of carbonyl (C=O) groups is 1. The minimum absolute atomic E-state index is 0.356. The highest BCUT2D eigenvalue weighted by atomic mass is 16.1. The third-order valence-corrected chi connectivity index (χ3v) is 2.60. The number of Topliss-reactive ketones (excluding diaryl/α,β-unsaturated/α-hetero) is 1. The lowest BCUT2D eigenvalue weighted by Crippen LogP contribution is -2.19. The van der Waals surface area contributed by atoms with Crippen LogP contribution in [-0.2, 0) is 18.4 Å². The highest BCUT2D eigenvalue weighted by Crippen LogP contribution is 2.03. The minimum Gasteiger partial charge on any atom is -0.302 e. The first-order valence-electron chi connectivity index (χ1n) is 5.79. The van der Waals surface area contributed by atoms with Crippen LogP contribution in [0.3, 0.4) is 0 Å². The molecule has 0 bridgehead atoms. The molecule has 1 rings (SSSR count). The minimum atomic E-state index is 0.356. The van der Waals surface area contributed by atoms with E-state index in [9.17, 15) is 4.79 Å². The summed E-state index contributed by atoms with van der Waals surface area (Å²) in [6, 6.07) is 0. The molecular formula is C12H21N3O. The highest BCUT2D eigenvalue weighted by molar-refractivity contribution is 5.77. The van der Waals surface area contributed by atoms with Crippen molar-refractivity contribution in [2.45, 2.75) is 32.7 Å². The van der Waals surface area contributed by atoms with Crippen LogP contribution in [0.5, 0.6) is 0 Å². The van der Waals surface area contributed by atoms with Crippen molar-refractivity contribution in [3.05, 3.63) is 18.0 Å². The van der Waals surface area contributed by atoms with Gasteiger partial charge in [-0.05, 0) is 20.0 Å². The van der Waals surface area contributed by atoms with Crippen molar-refractivity contribution < 1.29 is 4.79 Å². The van der Waals surface area contributed by atoms with E-state index < -0.39 is 0 Å².